The Morgan fingerprint density at radius 3 is 1.09 bits per heavy atom. The van der Waals surface area contributed by atoms with Crippen molar-refractivity contribution >= 4 is 86.8 Å². The van der Waals surface area contributed by atoms with Crippen LogP contribution in [-0.2, 0) is 25.9 Å². The smallest absolute Gasteiger partial charge is 0.306 e. The van der Waals surface area contributed by atoms with Crippen molar-refractivity contribution in [2.45, 2.75) is 27.7 Å². The minimum atomic E-state index is -2.86. The molecular formula is C8H20O6P2S7. The standard InChI is InChI=1S/C8H20O6P2S7/c1-5-11-17-15(9,18-12-6-2)21-23-22-16(10,19-13-7-3)20-14-8-4/h5-8H2,1-4H3. The molecule has 0 fully saturated rings. The maximum absolute atomic E-state index is 12.7. The molecule has 0 N–H and O–H groups in total. The van der Waals surface area contributed by atoms with Crippen molar-refractivity contribution in [2.24, 2.45) is 0 Å². The fraction of sp³-hybridized carbons (Fsp3) is 1.00. The van der Waals surface area contributed by atoms with Crippen molar-refractivity contribution in [3.8, 4) is 0 Å². The van der Waals surface area contributed by atoms with Gasteiger partial charge in [-0.05, 0) is 37.5 Å². The average Bonchev–Trinajstić information content (AvgIpc) is 2.55. The van der Waals surface area contributed by atoms with Crippen molar-refractivity contribution < 1.29 is 25.9 Å². The van der Waals surface area contributed by atoms with Gasteiger partial charge in [0.1, 0.15) is 0 Å². The van der Waals surface area contributed by atoms with Crippen molar-refractivity contribution in [1.29, 1.82) is 0 Å². The molecule has 0 aromatic carbocycles. The zero-order valence-corrected chi connectivity index (χ0v) is 20.5. The highest BCUT2D eigenvalue weighted by molar-refractivity contribution is 9.45. The number of hydrogen-bond acceptors (Lipinski definition) is 13. The van der Waals surface area contributed by atoms with Crippen LogP contribution in [0, 0.1) is 0 Å². The van der Waals surface area contributed by atoms with E-state index in [2.05, 4.69) is 0 Å². The van der Waals surface area contributed by atoms with Crippen LogP contribution in [0.1, 0.15) is 27.7 Å². The highest BCUT2D eigenvalue weighted by Gasteiger charge is 2.33. The summed E-state index contributed by atoms with van der Waals surface area (Å²) in [5, 5.41) is 0. The van der Waals surface area contributed by atoms with E-state index in [0.29, 0.717) is 26.4 Å². The lowest BCUT2D eigenvalue weighted by molar-refractivity contribution is 0.403. The topological polar surface area (TPSA) is 71.1 Å². The summed E-state index contributed by atoms with van der Waals surface area (Å²) in [7, 11) is 3.37. The molecule has 0 spiro atoms. The van der Waals surface area contributed by atoms with E-state index in [1.54, 1.807) is 0 Å². The monoisotopic (exact) mass is 498 g/mol. The molecule has 0 radical (unpaired) electrons. The molecule has 140 valence electrons. The summed E-state index contributed by atoms with van der Waals surface area (Å²) in [6, 6.07) is 0. The molecule has 0 saturated carbocycles. The summed E-state index contributed by atoms with van der Waals surface area (Å²) in [6.07, 6.45) is 0. The van der Waals surface area contributed by atoms with E-state index in [-0.39, 0.29) is 0 Å². The highest BCUT2D eigenvalue weighted by atomic mass is 33.8. The number of rotatable bonds is 16. The van der Waals surface area contributed by atoms with Gasteiger partial charge in [0, 0.05) is 20.8 Å². The number of hydrogen-bond donors (Lipinski definition) is 0. The lowest BCUT2D eigenvalue weighted by Crippen LogP contribution is -1.79. The van der Waals surface area contributed by atoms with Crippen LogP contribution in [0.2, 0.25) is 0 Å². The molecule has 0 heterocycles. The fourth-order valence-corrected chi connectivity index (χ4v) is 29.4. The van der Waals surface area contributed by atoms with Crippen LogP contribution in [0.15, 0.2) is 0 Å². The van der Waals surface area contributed by atoms with Gasteiger partial charge in [0.15, 0.2) is 0 Å². The largest absolute Gasteiger partial charge is 0.307 e. The molecule has 15 heteroatoms. The molecule has 0 aromatic rings. The van der Waals surface area contributed by atoms with Crippen LogP contribution < -0.4 is 0 Å². The van der Waals surface area contributed by atoms with Gasteiger partial charge in [0.25, 0.3) is 0 Å². The highest BCUT2D eigenvalue weighted by Crippen LogP contribution is 2.88. The van der Waals surface area contributed by atoms with E-state index in [4.69, 9.17) is 16.7 Å². The van der Waals surface area contributed by atoms with Crippen LogP contribution in [-0.4, -0.2) is 26.4 Å². The Morgan fingerprint density at radius 2 is 0.870 bits per heavy atom. The first-order valence-electron chi connectivity index (χ1n) is 6.44. The van der Waals surface area contributed by atoms with Gasteiger partial charge in [-0.15, -0.1) is 0 Å². The van der Waals surface area contributed by atoms with Crippen molar-refractivity contribution in [1.82, 2.24) is 0 Å². The Hall–Kier alpha value is 2.75. The van der Waals surface area contributed by atoms with E-state index in [0.717, 1.165) is 67.5 Å². The summed E-state index contributed by atoms with van der Waals surface area (Å²) in [5.41, 5.74) is 0. The fourth-order valence-electron chi connectivity index (χ4n) is 0.632. The summed E-state index contributed by atoms with van der Waals surface area (Å²) < 4.78 is 40.4. The van der Waals surface area contributed by atoms with Gasteiger partial charge in [-0.3, -0.25) is 9.13 Å². The Bertz CT molecular complexity index is 332. The summed E-state index contributed by atoms with van der Waals surface area (Å²) in [6.45, 7) is 9.05. The zero-order valence-electron chi connectivity index (χ0n) is 13.0. The van der Waals surface area contributed by atoms with Crippen molar-refractivity contribution in [3.05, 3.63) is 0 Å². The van der Waals surface area contributed by atoms with Crippen molar-refractivity contribution in [3.63, 3.8) is 0 Å². The molecule has 0 rings (SSSR count). The van der Waals surface area contributed by atoms with E-state index in [1.807, 2.05) is 27.7 Å². The lowest BCUT2D eigenvalue weighted by atomic mass is 10.9. The van der Waals surface area contributed by atoms with Crippen LogP contribution >= 0.6 is 86.8 Å². The SMILES string of the molecule is CCOSP(=O)(SOCC)SSSP(=O)(SOCC)SOCC. The Kier molecular flexibility index (Phi) is 17.7. The first kappa shape index (κ1) is 25.8. The molecule has 0 aliphatic rings. The van der Waals surface area contributed by atoms with Gasteiger partial charge < -0.3 is 16.7 Å². The lowest BCUT2D eigenvalue weighted by Gasteiger charge is -2.15. The molecule has 0 saturated heterocycles. The minimum absolute atomic E-state index is 0.443. The molecular weight excluding hydrogens is 478 g/mol. The third kappa shape index (κ3) is 13.5. The third-order valence-electron chi connectivity index (χ3n) is 1.29. The second-order valence-electron chi connectivity index (χ2n) is 3.04. The molecule has 0 bridgehead atoms. The van der Waals surface area contributed by atoms with Gasteiger partial charge in [0.2, 0.25) is 0 Å². The quantitative estimate of drug-likeness (QED) is 0.117. The van der Waals surface area contributed by atoms with Crippen LogP contribution in [0.5, 0.6) is 0 Å². The zero-order chi connectivity index (χ0) is 17.6. The normalized spacial score (nSPS) is 12.7. The maximum atomic E-state index is 12.7. The maximum Gasteiger partial charge on any atom is 0.306 e. The van der Waals surface area contributed by atoms with Crippen LogP contribution in [0.4, 0.5) is 0 Å². The van der Waals surface area contributed by atoms with E-state index in [1.165, 1.54) is 9.83 Å². The van der Waals surface area contributed by atoms with Gasteiger partial charge in [-0.2, -0.15) is 0 Å². The van der Waals surface area contributed by atoms with Gasteiger partial charge in [0.05, 0.1) is 73.1 Å². The minimum Gasteiger partial charge on any atom is -0.307 e. The van der Waals surface area contributed by atoms with Crippen LogP contribution in [0.25, 0.3) is 0 Å². The second-order valence-corrected chi connectivity index (χ2v) is 27.2. The Balaban J connectivity index is 4.53. The summed E-state index contributed by atoms with van der Waals surface area (Å²) in [4.78, 5) is 0. The Morgan fingerprint density at radius 1 is 0.609 bits per heavy atom. The van der Waals surface area contributed by atoms with E-state index in [9.17, 15) is 9.13 Å². The average molecular weight is 499 g/mol. The second kappa shape index (κ2) is 15.8. The molecule has 0 amide bonds. The summed E-state index contributed by atoms with van der Waals surface area (Å²) in [5.74, 6) is 0. The molecule has 0 aliphatic heterocycles. The molecule has 0 unspecified atom stereocenters. The van der Waals surface area contributed by atoms with E-state index >= 15 is 0 Å². The first-order valence-corrected chi connectivity index (χ1v) is 19.9. The van der Waals surface area contributed by atoms with Gasteiger partial charge in [-0.1, -0.05) is 0 Å². The predicted octanol–water partition coefficient (Wildman–Crippen LogP) is 7.97. The van der Waals surface area contributed by atoms with Crippen molar-refractivity contribution in [2.75, 3.05) is 26.4 Å². The molecule has 23 heavy (non-hydrogen) atoms. The van der Waals surface area contributed by atoms with Crippen LogP contribution in [0.3, 0.4) is 0 Å². The molecule has 0 aromatic heterocycles. The predicted molar refractivity (Wildman–Crippen MR) is 115 cm³/mol. The van der Waals surface area contributed by atoms with E-state index < -0.39 is 9.49 Å². The van der Waals surface area contributed by atoms with Gasteiger partial charge in [-0.25, -0.2) is 0 Å². The first-order chi connectivity index (χ1) is 10.9. The third-order valence-corrected chi connectivity index (χ3v) is 27.4. The molecule has 6 nitrogen and oxygen atoms in total. The molecule has 0 aliphatic carbocycles. The Labute approximate surface area is 165 Å². The molecule has 0 atom stereocenters. The summed E-state index contributed by atoms with van der Waals surface area (Å²) >= 11 is 3.63. The van der Waals surface area contributed by atoms with Gasteiger partial charge >= 0.3 is 9.49 Å².